The summed E-state index contributed by atoms with van der Waals surface area (Å²) in [6.45, 7) is 19.8. The lowest BCUT2D eigenvalue weighted by Crippen LogP contribution is -2.48. The zero-order valence-electron chi connectivity index (χ0n) is 29.6. The highest BCUT2D eigenvalue weighted by atomic mass is 16.1. The highest BCUT2D eigenvalue weighted by Gasteiger charge is 2.59. The molecule has 0 amide bonds. The average Bonchev–Trinajstić information content (AvgIpc) is 3.63. The van der Waals surface area contributed by atoms with Gasteiger partial charge in [-0.2, -0.15) is 0 Å². The van der Waals surface area contributed by atoms with Gasteiger partial charge in [-0.25, -0.2) is 9.97 Å². The second-order valence-corrected chi connectivity index (χ2v) is 16.6. The average molecular weight is 614 g/mol. The van der Waals surface area contributed by atoms with Gasteiger partial charge in [0.1, 0.15) is 5.82 Å². The Kier molecular flexibility index (Phi) is 8.93. The SMILES string of the molecule is CCCC1C2=C(C(C)C)C(=O)CC2(Cc2nnc(-c3ncc(CC)cn3)n2CCC)CCC1C1(C)CCC2C(C)CCC2(C)C1. The fourth-order valence-corrected chi connectivity index (χ4v) is 11.3. The molecule has 45 heavy (non-hydrogen) atoms. The summed E-state index contributed by atoms with van der Waals surface area (Å²) in [5.41, 5.74) is 4.47. The van der Waals surface area contributed by atoms with Gasteiger partial charge in [0.25, 0.3) is 0 Å². The molecule has 6 heteroatoms. The zero-order chi connectivity index (χ0) is 32.1. The van der Waals surface area contributed by atoms with E-state index in [2.05, 4.69) is 69.9 Å². The van der Waals surface area contributed by atoms with E-state index in [0.717, 1.165) is 73.3 Å². The molecule has 6 rings (SSSR count). The van der Waals surface area contributed by atoms with Crippen LogP contribution in [0.4, 0.5) is 0 Å². The summed E-state index contributed by atoms with van der Waals surface area (Å²) in [5.74, 6) is 5.91. The number of nitrogens with zero attached hydrogens (tertiary/aromatic N) is 5. The number of carbonyl (C=O) groups is 1. The number of ketones is 1. The zero-order valence-corrected chi connectivity index (χ0v) is 29.6. The van der Waals surface area contributed by atoms with E-state index in [-0.39, 0.29) is 11.3 Å². The highest BCUT2D eigenvalue weighted by molar-refractivity contribution is 6.00. The molecule has 6 nitrogen and oxygen atoms in total. The normalized spacial score (nSPS) is 34.9. The summed E-state index contributed by atoms with van der Waals surface area (Å²) in [4.78, 5) is 23.5. The summed E-state index contributed by atoms with van der Waals surface area (Å²) < 4.78 is 2.26. The lowest BCUT2D eigenvalue weighted by molar-refractivity contribution is -0.116. The van der Waals surface area contributed by atoms with Crippen molar-refractivity contribution in [3.8, 4) is 11.6 Å². The molecule has 0 aromatic carbocycles. The Morgan fingerprint density at radius 2 is 1.62 bits per heavy atom. The van der Waals surface area contributed by atoms with E-state index in [1.54, 1.807) is 0 Å². The highest BCUT2D eigenvalue weighted by Crippen LogP contribution is 2.67. The number of aromatic nitrogens is 5. The van der Waals surface area contributed by atoms with Crippen LogP contribution < -0.4 is 0 Å². The Hall–Kier alpha value is -2.37. The Bertz CT molecular complexity index is 1420. The van der Waals surface area contributed by atoms with Crippen LogP contribution in [0.1, 0.15) is 137 Å². The summed E-state index contributed by atoms with van der Waals surface area (Å²) in [7, 11) is 0. The number of carbonyl (C=O) groups excluding carboxylic acids is 1. The smallest absolute Gasteiger partial charge is 0.201 e. The van der Waals surface area contributed by atoms with E-state index in [9.17, 15) is 4.79 Å². The Labute approximate surface area is 272 Å². The largest absolute Gasteiger partial charge is 0.308 e. The third kappa shape index (κ3) is 5.54. The lowest BCUT2D eigenvalue weighted by atomic mass is 9.48. The number of hydrogen-bond donors (Lipinski definition) is 0. The molecule has 7 unspecified atom stereocenters. The van der Waals surface area contributed by atoms with Gasteiger partial charge in [0.2, 0.25) is 5.82 Å². The van der Waals surface area contributed by atoms with Crippen molar-refractivity contribution in [2.75, 3.05) is 0 Å². The second kappa shape index (κ2) is 12.3. The number of aryl methyl sites for hydroxylation is 1. The molecule has 2 heterocycles. The third-order valence-corrected chi connectivity index (χ3v) is 13.2. The monoisotopic (exact) mass is 613 g/mol. The maximum Gasteiger partial charge on any atom is 0.201 e. The summed E-state index contributed by atoms with van der Waals surface area (Å²) in [6, 6.07) is 0. The minimum absolute atomic E-state index is 0.158. The van der Waals surface area contributed by atoms with Crippen molar-refractivity contribution in [2.24, 2.45) is 45.8 Å². The summed E-state index contributed by atoms with van der Waals surface area (Å²) in [5, 5.41) is 9.54. The molecular formula is C39H59N5O. The van der Waals surface area contributed by atoms with Crippen molar-refractivity contribution >= 4 is 5.78 Å². The second-order valence-electron chi connectivity index (χ2n) is 16.6. The third-order valence-electron chi connectivity index (χ3n) is 13.2. The van der Waals surface area contributed by atoms with Crippen LogP contribution in [0.3, 0.4) is 0 Å². The van der Waals surface area contributed by atoms with Gasteiger partial charge >= 0.3 is 0 Å². The predicted molar refractivity (Wildman–Crippen MR) is 181 cm³/mol. The van der Waals surface area contributed by atoms with E-state index in [4.69, 9.17) is 10.2 Å². The molecule has 2 aromatic rings. The summed E-state index contributed by atoms with van der Waals surface area (Å²) in [6.07, 6.45) is 18.6. The van der Waals surface area contributed by atoms with Crippen LogP contribution in [0, 0.1) is 45.8 Å². The van der Waals surface area contributed by atoms with Crippen LogP contribution >= 0.6 is 0 Å². The van der Waals surface area contributed by atoms with Gasteiger partial charge in [0, 0.05) is 37.2 Å². The number of fused-ring (bicyclic) bond motifs is 2. The first kappa shape index (κ1) is 32.6. The molecule has 4 aliphatic rings. The van der Waals surface area contributed by atoms with E-state index in [1.807, 2.05) is 12.4 Å². The van der Waals surface area contributed by atoms with Gasteiger partial charge in [-0.05, 0) is 116 Å². The minimum atomic E-state index is -0.158. The van der Waals surface area contributed by atoms with Crippen LogP contribution in [-0.4, -0.2) is 30.5 Å². The van der Waals surface area contributed by atoms with Gasteiger partial charge in [0.05, 0.1) is 0 Å². The number of allylic oxidation sites excluding steroid dienone is 2. The molecule has 0 spiro atoms. The topological polar surface area (TPSA) is 73.6 Å². The van der Waals surface area contributed by atoms with Gasteiger partial charge in [-0.3, -0.25) is 4.79 Å². The first-order valence-electron chi connectivity index (χ1n) is 18.5. The molecule has 0 saturated heterocycles. The number of Topliss-reactive ketones (excluding diaryl/α,β-unsaturated/α-hetero) is 1. The Morgan fingerprint density at radius 1 is 0.933 bits per heavy atom. The number of hydrogen-bond acceptors (Lipinski definition) is 5. The quantitative estimate of drug-likeness (QED) is 0.267. The molecule has 7 atom stereocenters. The predicted octanol–water partition coefficient (Wildman–Crippen LogP) is 9.23. The summed E-state index contributed by atoms with van der Waals surface area (Å²) >= 11 is 0. The molecule has 0 N–H and O–H groups in total. The molecule has 3 saturated carbocycles. The maximum atomic E-state index is 14.1. The molecule has 3 fully saturated rings. The van der Waals surface area contributed by atoms with Crippen LogP contribution in [0.2, 0.25) is 0 Å². The van der Waals surface area contributed by atoms with E-state index in [0.29, 0.717) is 40.7 Å². The molecule has 2 aromatic heterocycles. The van der Waals surface area contributed by atoms with Crippen LogP contribution in [-0.2, 0) is 24.2 Å². The van der Waals surface area contributed by atoms with E-state index >= 15 is 0 Å². The van der Waals surface area contributed by atoms with Crippen molar-refractivity contribution in [3.05, 3.63) is 34.9 Å². The van der Waals surface area contributed by atoms with Crippen molar-refractivity contribution in [2.45, 2.75) is 145 Å². The van der Waals surface area contributed by atoms with Gasteiger partial charge in [-0.1, -0.05) is 67.4 Å². The van der Waals surface area contributed by atoms with Crippen molar-refractivity contribution in [1.29, 1.82) is 0 Å². The Morgan fingerprint density at radius 3 is 2.29 bits per heavy atom. The van der Waals surface area contributed by atoms with Crippen molar-refractivity contribution < 1.29 is 4.79 Å². The standard InChI is InChI=1S/C39H59N5O/c1-9-12-28-30(38(8)17-14-29-26(6)13-16-37(29,7)24-38)15-18-39(20-31(45)33(25(4)5)34(28)39)21-32-42-43-36(44(32)19-10-2)35-40-22-27(11-3)23-41-35/h22-23,25-26,28-30H,9-21,24H2,1-8H3. The molecule has 4 aliphatic carbocycles. The van der Waals surface area contributed by atoms with Gasteiger partial charge in [-0.15, -0.1) is 10.2 Å². The fourth-order valence-electron chi connectivity index (χ4n) is 11.3. The number of rotatable bonds is 10. The first-order chi connectivity index (χ1) is 21.5. The molecule has 0 bridgehead atoms. The van der Waals surface area contributed by atoms with E-state index < -0.39 is 0 Å². The van der Waals surface area contributed by atoms with Gasteiger partial charge < -0.3 is 4.57 Å². The van der Waals surface area contributed by atoms with Crippen LogP contribution in [0.5, 0.6) is 0 Å². The molecule has 0 aliphatic heterocycles. The van der Waals surface area contributed by atoms with E-state index in [1.165, 1.54) is 50.5 Å². The van der Waals surface area contributed by atoms with Crippen molar-refractivity contribution in [1.82, 2.24) is 24.7 Å². The molecule has 0 radical (unpaired) electrons. The first-order valence-corrected chi connectivity index (χ1v) is 18.5. The van der Waals surface area contributed by atoms with Gasteiger partial charge in [0.15, 0.2) is 11.6 Å². The van der Waals surface area contributed by atoms with Crippen LogP contribution in [0.15, 0.2) is 23.5 Å². The Balaban J connectivity index is 1.39. The minimum Gasteiger partial charge on any atom is -0.308 e. The fraction of sp³-hybridized carbons (Fsp3) is 0.769. The van der Waals surface area contributed by atoms with Crippen molar-refractivity contribution in [3.63, 3.8) is 0 Å². The van der Waals surface area contributed by atoms with Crippen LogP contribution in [0.25, 0.3) is 11.6 Å². The molecule has 246 valence electrons. The molecular weight excluding hydrogens is 554 g/mol. The lowest BCUT2D eigenvalue weighted by Gasteiger charge is -2.56. The maximum absolute atomic E-state index is 14.1.